The van der Waals surface area contributed by atoms with Crippen molar-refractivity contribution in [3.8, 4) is 0 Å². The Hall–Kier alpha value is -2.57. The molecule has 0 spiro atoms. The highest BCUT2D eigenvalue weighted by Gasteiger charge is 2.49. The van der Waals surface area contributed by atoms with E-state index in [4.69, 9.17) is 4.99 Å². The molecule has 4 atom stereocenters. The van der Waals surface area contributed by atoms with Crippen molar-refractivity contribution in [2.24, 2.45) is 16.8 Å². The van der Waals surface area contributed by atoms with E-state index in [1.54, 1.807) is 11.9 Å². The summed E-state index contributed by atoms with van der Waals surface area (Å²) >= 11 is 0. The number of carbonyl (C=O) groups is 2. The van der Waals surface area contributed by atoms with E-state index in [2.05, 4.69) is 53.2 Å². The number of fused-ring (bicyclic) bond motifs is 1. The van der Waals surface area contributed by atoms with Gasteiger partial charge in [0.05, 0.1) is 0 Å². The maximum Gasteiger partial charge on any atom is 0.325 e. The van der Waals surface area contributed by atoms with Gasteiger partial charge >= 0.3 is 6.03 Å². The van der Waals surface area contributed by atoms with E-state index in [9.17, 15) is 9.59 Å². The first-order chi connectivity index (χ1) is 13.9. The third-order valence-electron chi connectivity index (χ3n) is 6.20. The Labute approximate surface area is 172 Å². The maximum absolute atomic E-state index is 12.7. The number of amides is 3. The molecule has 4 unspecified atom stereocenters. The summed E-state index contributed by atoms with van der Waals surface area (Å²) in [7, 11) is 1.72. The molecule has 1 aromatic rings. The fourth-order valence-corrected chi connectivity index (χ4v) is 4.94. The second-order valence-electron chi connectivity index (χ2n) is 8.83. The van der Waals surface area contributed by atoms with Gasteiger partial charge in [-0.1, -0.05) is 44.2 Å². The van der Waals surface area contributed by atoms with Crippen LogP contribution in [-0.2, 0) is 11.2 Å². The fraction of sp³-hybridized carbons (Fsp3) is 0.591. The van der Waals surface area contributed by atoms with Gasteiger partial charge in [0.25, 0.3) is 5.91 Å². The number of hydrogen-bond donors (Lipinski definition) is 1. The lowest BCUT2D eigenvalue weighted by Crippen LogP contribution is -2.64. The molecule has 7 heteroatoms. The van der Waals surface area contributed by atoms with Crippen LogP contribution in [0, 0.1) is 11.8 Å². The molecule has 3 aliphatic rings. The average molecular weight is 398 g/mol. The van der Waals surface area contributed by atoms with Gasteiger partial charge in [0, 0.05) is 26.7 Å². The molecule has 1 N–H and O–H groups in total. The molecule has 3 heterocycles. The van der Waals surface area contributed by atoms with Crippen LogP contribution >= 0.6 is 0 Å². The number of benzene rings is 1. The van der Waals surface area contributed by atoms with Crippen LogP contribution in [0.1, 0.15) is 32.3 Å². The number of aryl methyl sites for hydroxylation is 1. The zero-order chi connectivity index (χ0) is 20.5. The normalized spacial score (nSPS) is 29.6. The van der Waals surface area contributed by atoms with E-state index >= 15 is 0 Å². The minimum atomic E-state index is -0.449. The Morgan fingerprint density at radius 1 is 1.10 bits per heavy atom. The highest BCUT2D eigenvalue weighted by Crippen LogP contribution is 2.29. The van der Waals surface area contributed by atoms with Crippen LogP contribution in [0.3, 0.4) is 0 Å². The van der Waals surface area contributed by atoms with Crippen molar-refractivity contribution in [2.75, 3.05) is 26.7 Å². The molecule has 2 fully saturated rings. The zero-order valence-electron chi connectivity index (χ0n) is 17.5. The standard InChI is InChI=1S/C22H31N5O2/c1-15-12-16(2)14-26(13-15)21-23-19-18(20(28)24-22(29)25(19)3)27(21)11-7-10-17-8-5-4-6-9-17/h4-6,8-9,15-16,18-19H,7,10-14H2,1-3H3,(H,24,28,29). The van der Waals surface area contributed by atoms with Gasteiger partial charge in [0.15, 0.2) is 18.2 Å². The molecule has 0 bridgehead atoms. The van der Waals surface area contributed by atoms with Crippen molar-refractivity contribution in [1.82, 2.24) is 20.0 Å². The second-order valence-corrected chi connectivity index (χ2v) is 8.83. The Morgan fingerprint density at radius 3 is 2.48 bits per heavy atom. The van der Waals surface area contributed by atoms with Crippen molar-refractivity contribution in [2.45, 2.75) is 45.3 Å². The summed E-state index contributed by atoms with van der Waals surface area (Å²) in [4.78, 5) is 35.8. The molecule has 156 valence electrons. The first-order valence-corrected chi connectivity index (χ1v) is 10.6. The van der Waals surface area contributed by atoms with Gasteiger partial charge in [-0.15, -0.1) is 0 Å². The number of likely N-dealkylation sites (tertiary alicyclic amines) is 1. The number of aliphatic imine (C=N–C) groups is 1. The average Bonchev–Trinajstić information content (AvgIpc) is 3.07. The molecule has 0 aromatic heterocycles. The van der Waals surface area contributed by atoms with Crippen LogP contribution in [0.2, 0.25) is 0 Å². The lowest BCUT2D eigenvalue weighted by molar-refractivity contribution is -0.127. The molecule has 3 amide bonds. The Balaban J connectivity index is 1.55. The third kappa shape index (κ3) is 3.95. The lowest BCUT2D eigenvalue weighted by atomic mass is 9.92. The minimum Gasteiger partial charge on any atom is -0.342 e. The van der Waals surface area contributed by atoms with E-state index in [1.165, 1.54) is 12.0 Å². The molecule has 7 nitrogen and oxygen atoms in total. The number of imide groups is 1. The summed E-state index contributed by atoms with van der Waals surface area (Å²) in [6.07, 6.45) is 2.64. The first-order valence-electron chi connectivity index (χ1n) is 10.6. The number of carbonyl (C=O) groups excluding carboxylic acids is 2. The molecule has 2 saturated heterocycles. The van der Waals surface area contributed by atoms with E-state index in [0.29, 0.717) is 11.8 Å². The van der Waals surface area contributed by atoms with Crippen molar-refractivity contribution in [3.63, 3.8) is 0 Å². The Bertz CT molecular complexity index is 786. The predicted octanol–water partition coefficient (Wildman–Crippen LogP) is 2.14. The largest absolute Gasteiger partial charge is 0.342 e. The summed E-state index contributed by atoms with van der Waals surface area (Å²) in [5, 5.41) is 2.49. The van der Waals surface area contributed by atoms with Crippen molar-refractivity contribution in [3.05, 3.63) is 35.9 Å². The van der Waals surface area contributed by atoms with Crippen LogP contribution in [0.15, 0.2) is 35.3 Å². The Morgan fingerprint density at radius 2 is 1.79 bits per heavy atom. The lowest BCUT2D eigenvalue weighted by Gasteiger charge is -2.41. The summed E-state index contributed by atoms with van der Waals surface area (Å²) in [6.45, 7) is 7.17. The topological polar surface area (TPSA) is 68.2 Å². The Kier molecular flexibility index (Phi) is 5.48. The van der Waals surface area contributed by atoms with E-state index in [-0.39, 0.29) is 11.9 Å². The number of urea groups is 1. The van der Waals surface area contributed by atoms with Gasteiger partial charge < -0.3 is 14.7 Å². The van der Waals surface area contributed by atoms with Crippen molar-refractivity contribution < 1.29 is 9.59 Å². The molecule has 4 rings (SSSR count). The van der Waals surface area contributed by atoms with E-state index in [1.807, 2.05) is 6.07 Å². The molecule has 3 aliphatic heterocycles. The first kappa shape index (κ1) is 19.7. The fourth-order valence-electron chi connectivity index (χ4n) is 4.94. The van der Waals surface area contributed by atoms with Crippen LogP contribution in [0.4, 0.5) is 4.79 Å². The SMILES string of the molecule is CC1CC(C)CN(C2=NC3C(C(=O)NC(=O)N3C)N2CCCc2ccccc2)C1. The second kappa shape index (κ2) is 8.05. The summed E-state index contributed by atoms with van der Waals surface area (Å²) in [5.41, 5.74) is 1.29. The highest BCUT2D eigenvalue weighted by molar-refractivity contribution is 6.03. The number of nitrogens with one attached hydrogen (secondary N) is 1. The van der Waals surface area contributed by atoms with Crippen LogP contribution in [-0.4, -0.2) is 71.5 Å². The van der Waals surface area contributed by atoms with Crippen molar-refractivity contribution >= 4 is 17.9 Å². The smallest absolute Gasteiger partial charge is 0.325 e. The van der Waals surface area contributed by atoms with Gasteiger partial charge in [-0.25, -0.2) is 9.79 Å². The molecular formula is C22H31N5O2. The number of nitrogens with zero attached hydrogens (tertiary/aromatic N) is 4. The van der Waals surface area contributed by atoms with Crippen LogP contribution in [0.25, 0.3) is 0 Å². The number of likely N-dealkylation sites (N-methyl/N-ethyl adjacent to an activating group) is 1. The number of guanidine groups is 1. The highest BCUT2D eigenvalue weighted by atomic mass is 16.2. The zero-order valence-corrected chi connectivity index (χ0v) is 17.5. The maximum atomic E-state index is 12.7. The van der Waals surface area contributed by atoms with Gasteiger partial charge in [-0.05, 0) is 36.7 Å². The van der Waals surface area contributed by atoms with Gasteiger partial charge in [0.1, 0.15) is 0 Å². The van der Waals surface area contributed by atoms with E-state index < -0.39 is 12.2 Å². The number of hydrogen-bond acceptors (Lipinski definition) is 5. The third-order valence-corrected chi connectivity index (χ3v) is 6.20. The summed E-state index contributed by atoms with van der Waals surface area (Å²) in [5.74, 6) is 1.81. The van der Waals surface area contributed by atoms with Gasteiger partial charge in [-0.2, -0.15) is 0 Å². The molecule has 29 heavy (non-hydrogen) atoms. The number of piperidine rings is 1. The monoisotopic (exact) mass is 397 g/mol. The van der Waals surface area contributed by atoms with Gasteiger partial charge in [-0.3, -0.25) is 10.1 Å². The minimum absolute atomic E-state index is 0.241. The number of rotatable bonds is 4. The van der Waals surface area contributed by atoms with Crippen molar-refractivity contribution in [1.29, 1.82) is 0 Å². The van der Waals surface area contributed by atoms with E-state index in [0.717, 1.165) is 38.4 Å². The summed E-state index contributed by atoms with van der Waals surface area (Å²) in [6, 6.07) is 9.59. The predicted molar refractivity (Wildman–Crippen MR) is 112 cm³/mol. The molecule has 0 radical (unpaired) electrons. The molecule has 0 saturated carbocycles. The van der Waals surface area contributed by atoms with Gasteiger partial charge in [0.2, 0.25) is 0 Å². The van der Waals surface area contributed by atoms with Crippen LogP contribution in [0.5, 0.6) is 0 Å². The van der Waals surface area contributed by atoms with Crippen LogP contribution < -0.4 is 5.32 Å². The molecular weight excluding hydrogens is 366 g/mol. The molecule has 1 aromatic carbocycles. The summed E-state index contributed by atoms with van der Waals surface area (Å²) < 4.78 is 0. The quantitative estimate of drug-likeness (QED) is 0.845. The molecule has 0 aliphatic carbocycles.